The van der Waals surface area contributed by atoms with Crippen molar-refractivity contribution in [3.63, 3.8) is 0 Å². The number of alkyl halides is 2. The first-order valence-corrected chi connectivity index (χ1v) is 6.35. The van der Waals surface area contributed by atoms with Crippen molar-refractivity contribution in [3.8, 4) is 5.75 Å². The lowest BCUT2D eigenvalue weighted by atomic mass is 10.1. The molecule has 0 atom stereocenters. The Balaban J connectivity index is 2.68. The van der Waals surface area contributed by atoms with Gasteiger partial charge in [0.15, 0.2) is 5.75 Å². The zero-order valence-corrected chi connectivity index (χ0v) is 11.6. The first-order chi connectivity index (χ1) is 8.51. The number of pyridine rings is 1. The molecule has 0 aliphatic carbocycles. The smallest absolute Gasteiger partial charge is 0.387 e. The number of rotatable bonds is 3. The Bertz CT molecular complexity index is 587. The van der Waals surface area contributed by atoms with Crippen LogP contribution in [0, 0.1) is 6.92 Å². The minimum atomic E-state index is -2.84. The summed E-state index contributed by atoms with van der Waals surface area (Å²) in [7, 11) is 0. The highest BCUT2D eigenvalue weighted by atomic mass is 79.9. The summed E-state index contributed by atoms with van der Waals surface area (Å²) in [5.41, 5.74) is 2.15. The van der Waals surface area contributed by atoms with Crippen LogP contribution in [0.25, 0.3) is 10.9 Å². The molecule has 2 nitrogen and oxygen atoms in total. The Morgan fingerprint density at radius 1 is 1.33 bits per heavy atom. The molecule has 0 unspecified atom stereocenters. The predicted molar refractivity (Wildman–Crippen MR) is 70.2 cm³/mol. The monoisotopic (exact) mass is 315 g/mol. The summed E-state index contributed by atoms with van der Waals surface area (Å²) in [6.07, 6.45) is 0.751. The molecule has 0 saturated heterocycles. The molecule has 1 aromatic carbocycles. The second-order valence-corrected chi connectivity index (χ2v) is 4.81. The molecule has 2 aromatic rings. The second-order valence-electron chi connectivity index (χ2n) is 3.95. The van der Waals surface area contributed by atoms with Gasteiger partial charge in [-0.05, 0) is 53.0 Å². The van der Waals surface area contributed by atoms with E-state index in [1.807, 2.05) is 26.0 Å². The molecule has 0 radical (unpaired) electrons. The molecule has 1 heterocycles. The summed E-state index contributed by atoms with van der Waals surface area (Å²) < 4.78 is 30.2. The van der Waals surface area contributed by atoms with Crippen LogP contribution >= 0.6 is 15.9 Å². The normalized spacial score (nSPS) is 11.2. The molecular formula is C13H12BrF2NO. The van der Waals surface area contributed by atoms with Crippen LogP contribution in [0.2, 0.25) is 0 Å². The van der Waals surface area contributed by atoms with E-state index < -0.39 is 6.61 Å². The van der Waals surface area contributed by atoms with Crippen molar-refractivity contribution in [1.82, 2.24) is 4.98 Å². The quantitative estimate of drug-likeness (QED) is 0.833. The Kier molecular flexibility index (Phi) is 3.80. The van der Waals surface area contributed by atoms with E-state index in [1.54, 1.807) is 6.07 Å². The van der Waals surface area contributed by atoms with E-state index >= 15 is 0 Å². The lowest BCUT2D eigenvalue weighted by molar-refractivity contribution is -0.0489. The molecule has 0 N–H and O–H groups in total. The summed E-state index contributed by atoms with van der Waals surface area (Å²) >= 11 is 3.39. The van der Waals surface area contributed by atoms with Gasteiger partial charge in [-0.25, -0.2) is 4.98 Å². The Labute approximate surface area is 112 Å². The zero-order chi connectivity index (χ0) is 13.3. The van der Waals surface area contributed by atoms with E-state index in [0.29, 0.717) is 5.52 Å². The lowest BCUT2D eigenvalue weighted by Crippen LogP contribution is -2.04. The van der Waals surface area contributed by atoms with Crippen LogP contribution < -0.4 is 4.74 Å². The van der Waals surface area contributed by atoms with Gasteiger partial charge in [0.2, 0.25) is 0 Å². The summed E-state index contributed by atoms with van der Waals surface area (Å²) in [5, 5.41) is 0.794. The van der Waals surface area contributed by atoms with E-state index in [1.165, 1.54) is 0 Å². The van der Waals surface area contributed by atoms with Gasteiger partial charge in [-0.15, -0.1) is 0 Å². The third-order valence-corrected chi connectivity index (χ3v) is 3.50. The molecule has 0 saturated carbocycles. The van der Waals surface area contributed by atoms with Gasteiger partial charge in [-0.2, -0.15) is 8.78 Å². The van der Waals surface area contributed by atoms with Crippen LogP contribution in [0.1, 0.15) is 18.2 Å². The molecule has 0 bridgehead atoms. The molecule has 1 aromatic heterocycles. The molecule has 0 aliphatic rings. The molecule has 0 amide bonds. The van der Waals surface area contributed by atoms with Crippen LogP contribution in [0.3, 0.4) is 0 Å². The second kappa shape index (κ2) is 5.18. The fraction of sp³-hybridized carbons (Fsp3) is 0.308. The topological polar surface area (TPSA) is 22.1 Å². The summed E-state index contributed by atoms with van der Waals surface area (Å²) in [5.74, 6) is 0.134. The van der Waals surface area contributed by atoms with Crippen LogP contribution in [0.15, 0.2) is 22.7 Å². The number of fused-ring (bicyclic) bond motifs is 1. The summed E-state index contributed by atoms with van der Waals surface area (Å²) in [4.78, 5) is 4.30. The van der Waals surface area contributed by atoms with Crippen molar-refractivity contribution in [3.05, 3.63) is 33.9 Å². The average Bonchev–Trinajstić information content (AvgIpc) is 2.30. The largest absolute Gasteiger partial charge is 0.432 e. The third-order valence-electron chi connectivity index (χ3n) is 2.70. The highest BCUT2D eigenvalue weighted by Crippen LogP contribution is 2.30. The van der Waals surface area contributed by atoms with Crippen molar-refractivity contribution >= 4 is 26.8 Å². The maximum absolute atomic E-state index is 12.4. The van der Waals surface area contributed by atoms with Crippen LogP contribution in [0.4, 0.5) is 8.78 Å². The highest BCUT2D eigenvalue weighted by molar-refractivity contribution is 9.10. The maximum atomic E-state index is 12.4. The third kappa shape index (κ3) is 2.61. The molecule has 0 fully saturated rings. The van der Waals surface area contributed by atoms with Crippen molar-refractivity contribution in [2.75, 3.05) is 0 Å². The summed E-state index contributed by atoms with van der Waals surface area (Å²) in [6.45, 7) is 0.930. The Morgan fingerprint density at radius 2 is 2.06 bits per heavy atom. The molecular weight excluding hydrogens is 304 g/mol. The maximum Gasteiger partial charge on any atom is 0.387 e. The average molecular weight is 316 g/mol. The standard InChI is InChI=1S/C13H12BrF2NO/c1-3-8-4-9-6-10(14)7(2)17-12(9)11(5-8)18-13(15)16/h4-6,13H,3H2,1-2H3. The van der Waals surface area contributed by atoms with Crippen molar-refractivity contribution in [2.45, 2.75) is 26.9 Å². The van der Waals surface area contributed by atoms with Gasteiger partial charge < -0.3 is 4.74 Å². The Hall–Kier alpha value is -1.23. The van der Waals surface area contributed by atoms with Gasteiger partial charge in [0.1, 0.15) is 5.52 Å². The lowest BCUT2D eigenvalue weighted by Gasteiger charge is -2.11. The predicted octanol–water partition coefficient (Wildman–Crippen LogP) is 4.47. The fourth-order valence-electron chi connectivity index (χ4n) is 1.77. The van der Waals surface area contributed by atoms with Gasteiger partial charge in [0.25, 0.3) is 0 Å². The number of aromatic nitrogens is 1. The highest BCUT2D eigenvalue weighted by Gasteiger charge is 2.12. The number of aryl methyl sites for hydroxylation is 2. The zero-order valence-electron chi connectivity index (χ0n) is 10.0. The first kappa shape index (κ1) is 13.2. The van der Waals surface area contributed by atoms with E-state index in [0.717, 1.165) is 27.5 Å². The Morgan fingerprint density at radius 3 is 2.67 bits per heavy atom. The van der Waals surface area contributed by atoms with E-state index in [-0.39, 0.29) is 5.75 Å². The summed E-state index contributed by atoms with van der Waals surface area (Å²) in [6, 6.07) is 5.43. The molecule has 0 aliphatic heterocycles. The fourth-order valence-corrected chi connectivity index (χ4v) is 2.11. The van der Waals surface area contributed by atoms with E-state index in [4.69, 9.17) is 0 Å². The van der Waals surface area contributed by atoms with Gasteiger partial charge >= 0.3 is 6.61 Å². The first-order valence-electron chi connectivity index (χ1n) is 5.56. The van der Waals surface area contributed by atoms with Gasteiger partial charge in [-0.1, -0.05) is 6.92 Å². The van der Waals surface area contributed by atoms with Crippen molar-refractivity contribution in [1.29, 1.82) is 0 Å². The number of ether oxygens (including phenoxy) is 1. The van der Waals surface area contributed by atoms with E-state index in [2.05, 4.69) is 25.7 Å². The molecule has 5 heteroatoms. The number of benzene rings is 1. The number of nitrogens with zero attached hydrogens (tertiary/aromatic N) is 1. The molecule has 18 heavy (non-hydrogen) atoms. The SMILES string of the molecule is CCc1cc(OC(F)F)c2nc(C)c(Br)cc2c1. The van der Waals surface area contributed by atoms with Gasteiger partial charge in [0.05, 0.1) is 5.69 Å². The minimum Gasteiger partial charge on any atom is -0.432 e. The van der Waals surface area contributed by atoms with Crippen LogP contribution in [-0.2, 0) is 6.42 Å². The molecule has 0 spiro atoms. The van der Waals surface area contributed by atoms with Crippen LogP contribution in [0.5, 0.6) is 5.75 Å². The number of halogens is 3. The number of hydrogen-bond donors (Lipinski definition) is 0. The van der Waals surface area contributed by atoms with Crippen molar-refractivity contribution in [2.24, 2.45) is 0 Å². The van der Waals surface area contributed by atoms with Gasteiger partial charge in [-0.3, -0.25) is 0 Å². The number of hydrogen-bond acceptors (Lipinski definition) is 2. The molecule has 2 rings (SSSR count). The van der Waals surface area contributed by atoms with Gasteiger partial charge in [0, 0.05) is 9.86 Å². The molecule has 96 valence electrons. The van der Waals surface area contributed by atoms with E-state index in [9.17, 15) is 8.78 Å². The minimum absolute atomic E-state index is 0.134. The van der Waals surface area contributed by atoms with Crippen molar-refractivity contribution < 1.29 is 13.5 Å². The van der Waals surface area contributed by atoms with Crippen LogP contribution in [-0.4, -0.2) is 11.6 Å².